The standard InChI is InChI=1S/C12H25N3O3/c1-3-15(7-8-17-4-2)9-10-5-6-11(18-10)12(16)14-13/h10-11H,3-9,13H2,1-2H3,(H,14,16). The Morgan fingerprint density at radius 3 is 2.89 bits per heavy atom. The number of hydrazine groups is 1. The molecule has 1 aliphatic rings. The van der Waals surface area contributed by atoms with E-state index in [1.165, 1.54) is 0 Å². The van der Waals surface area contributed by atoms with Gasteiger partial charge < -0.3 is 9.47 Å². The van der Waals surface area contributed by atoms with E-state index < -0.39 is 0 Å². The number of nitrogens with zero attached hydrogens (tertiary/aromatic N) is 1. The zero-order chi connectivity index (χ0) is 13.4. The van der Waals surface area contributed by atoms with E-state index in [-0.39, 0.29) is 18.1 Å². The zero-order valence-corrected chi connectivity index (χ0v) is 11.4. The lowest BCUT2D eigenvalue weighted by Crippen LogP contribution is -2.40. The van der Waals surface area contributed by atoms with Gasteiger partial charge >= 0.3 is 0 Å². The van der Waals surface area contributed by atoms with E-state index in [1.54, 1.807) is 0 Å². The highest BCUT2D eigenvalue weighted by Gasteiger charge is 2.30. The van der Waals surface area contributed by atoms with E-state index >= 15 is 0 Å². The number of amides is 1. The van der Waals surface area contributed by atoms with Crippen molar-refractivity contribution < 1.29 is 14.3 Å². The maximum absolute atomic E-state index is 11.3. The van der Waals surface area contributed by atoms with Crippen LogP contribution in [-0.4, -0.2) is 55.9 Å². The van der Waals surface area contributed by atoms with Crippen molar-refractivity contribution in [2.45, 2.75) is 38.9 Å². The fourth-order valence-corrected chi connectivity index (χ4v) is 2.13. The topological polar surface area (TPSA) is 76.8 Å². The van der Waals surface area contributed by atoms with Crippen LogP contribution >= 0.6 is 0 Å². The van der Waals surface area contributed by atoms with Gasteiger partial charge in [-0.05, 0) is 26.3 Å². The predicted molar refractivity (Wildman–Crippen MR) is 68.8 cm³/mol. The highest BCUT2D eigenvalue weighted by Crippen LogP contribution is 2.20. The van der Waals surface area contributed by atoms with Crippen LogP contribution in [0.15, 0.2) is 0 Å². The van der Waals surface area contributed by atoms with Gasteiger partial charge in [0, 0.05) is 19.7 Å². The molecule has 18 heavy (non-hydrogen) atoms. The summed E-state index contributed by atoms with van der Waals surface area (Å²) in [5, 5.41) is 0. The number of hydrogen-bond donors (Lipinski definition) is 2. The number of rotatable bonds is 8. The summed E-state index contributed by atoms with van der Waals surface area (Å²) < 4.78 is 11.0. The van der Waals surface area contributed by atoms with Crippen molar-refractivity contribution in [3.63, 3.8) is 0 Å². The van der Waals surface area contributed by atoms with Gasteiger partial charge in [0.15, 0.2) is 0 Å². The SMILES string of the molecule is CCOCCN(CC)CC1CCC(C(=O)NN)O1. The van der Waals surface area contributed by atoms with Crippen LogP contribution in [-0.2, 0) is 14.3 Å². The Morgan fingerprint density at radius 2 is 2.28 bits per heavy atom. The second-order valence-corrected chi connectivity index (χ2v) is 4.42. The Balaban J connectivity index is 2.27. The molecule has 1 fully saturated rings. The van der Waals surface area contributed by atoms with Gasteiger partial charge in [-0.2, -0.15) is 0 Å². The third-order valence-corrected chi connectivity index (χ3v) is 3.21. The quantitative estimate of drug-likeness (QED) is 0.275. The maximum Gasteiger partial charge on any atom is 0.263 e. The van der Waals surface area contributed by atoms with Gasteiger partial charge in [-0.1, -0.05) is 6.92 Å². The molecule has 3 N–H and O–H groups in total. The summed E-state index contributed by atoms with van der Waals surface area (Å²) in [5.74, 6) is 4.87. The molecule has 1 amide bonds. The number of carbonyl (C=O) groups is 1. The molecule has 1 aliphatic heterocycles. The number of carbonyl (C=O) groups excluding carboxylic acids is 1. The monoisotopic (exact) mass is 259 g/mol. The molecular weight excluding hydrogens is 234 g/mol. The fourth-order valence-electron chi connectivity index (χ4n) is 2.13. The number of likely N-dealkylation sites (N-methyl/N-ethyl adjacent to an activating group) is 1. The van der Waals surface area contributed by atoms with E-state index in [9.17, 15) is 4.79 Å². The molecule has 1 saturated heterocycles. The molecule has 0 saturated carbocycles. The Kier molecular flexibility index (Phi) is 7.19. The fraction of sp³-hybridized carbons (Fsp3) is 0.917. The summed E-state index contributed by atoms with van der Waals surface area (Å²) in [4.78, 5) is 13.6. The van der Waals surface area contributed by atoms with Crippen LogP contribution in [0.1, 0.15) is 26.7 Å². The first-order valence-electron chi connectivity index (χ1n) is 6.67. The Labute approximate surface area is 109 Å². The Bertz CT molecular complexity index is 251. The van der Waals surface area contributed by atoms with Crippen molar-refractivity contribution in [1.82, 2.24) is 10.3 Å². The lowest BCUT2D eigenvalue weighted by molar-refractivity contribution is -0.132. The van der Waals surface area contributed by atoms with Crippen LogP contribution in [0.25, 0.3) is 0 Å². The van der Waals surface area contributed by atoms with Crippen molar-refractivity contribution in [3.8, 4) is 0 Å². The average Bonchev–Trinajstić information content (AvgIpc) is 2.85. The summed E-state index contributed by atoms with van der Waals surface area (Å²) in [5.41, 5.74) is 2.14. The second-order valence-electron chi connectivity index (χ2n) is 4.42. The molecule has 1 rings (SSSR count). The minimum absolute atomic E-state index is 0.119. The largest absolute Gasteiger partial charge is 0.380 e. The second kappa shape index (κ2) is 8.42. The molecule has 6 heteroatoms. The number of hydrogen-bond acceptors (Lipinski definition) is 5. The smallest absolute Gasteiger partial charge is 0.263 e. The third-order valence-electron chi connectivity index (χ3n) is 3.21. The Hall–Kier alpha value is -0.690. The van der Waals surface area contributed by atoms with Gasteiger partial charge in [0.2, 0.25) is 0 Å². The van der Waals surface area contributed by atoms with Crippen molar-refractivity contribution in [3.05, 3.63) is 0 Å². The van der Waals surface area contributed by atoms with E-state index in [0.29, 0.717) is 0 Å². The molecule has 0 aliphatic carbocycles. The van der Waals surface area contributed by atoms with E-state index in [0.717, 1.165) is 45.7 Å². The van der Waals surface area contributed by atoms with Gasteiger partial charge in [0.1, 0.15) is 6.10 Å². The van der Waals surface area contributed by atoms with E-state index in [2.05, 4.69) is 17.2 Å². The number of ether oxygens (including phenoxy) is 2. The molecule has 2 unspecified atom stereocenters. The van der Waals surface area contributed by atoms with Gasteiger partial charge in [-0.3, -0.25) is 15.1 Å². The summed E-state index contributed by atoms with van der Waals surface area (Å²) in [6.07, 6.45) is 1.39. The molecule has 0 aromatic carbocycles. The summed E-state index contributed by atoms with van der Waals surface area (Å²) in [6, 6.07) is 0. The molecule has 2 atom stereocenters. The normalized spacial score (nSPS) is 23.6. The van der Waals surface area contributed by atoms with E-state index in [4.69, 9.17) is 15.3 Å². The molecule has 106 valence electrons. The van der Waals surface area contributed by atoms with E-state index in [1.807, 2.05) is 6.92 Å². The first-order valence-corrected chi connectivity index (χ1v) is 6.67. The van der Waals surface area contributed by atoms with Crippen LogP contribution in [0.5, 0.6) is 0 Å². The molecule has 0 spiro atoms. The molecule has 0 radical (unpaired) electrons. The average molecular weight is 259 g/mol. The van der Waals surface area contributed by atoms with Crippen LogP contribution in [0.3, 0.4) is 0 Å². The van der Waals surface area contributed by atoms with Crippen LogP contribution in [0.4, 0.5) is 0 Å². The van der Waals surface area contributed by atoms with Crippen LogP contribution in [0, 0.1) is 0 Å². The van der Waals surface area contributed by atoms with Gasteiger partial charge in [-0.25, -0.2) is 5.84 Å². The highest BCUT2D eigenvalue weighted by molar-refractivity contribution is 5.80. The van der Waals surface area contributed by atoms with Gasteiger partial charge in [0.05, 0.1) is 12.7 Å². The molecule has 0 bridgehead atoms. The third kappa shape index (κ3) is 4.89. The molecule has 0 aromatic rings. The molecule has 0 aromatic heterocycles. The summed E-state index contributed by atoms with van der Waals surface area (Å²) in [6.45, 7) is 8.30. The first kappa shape index (κ1) is 15.4. The minimum atomic E-state index is -0.384. The van der Waals surface area contributed by atoms with Crippen molar-refractivity contribution in [2.24, 2.45) is 5.84 Å². The number of nitrogens with one attached hydrogen (secondary N) is 1. The lowest BCUT2D eigenvalue weighted by atomic mass is 10.2. The van der Waals surface area contributed by atoms with Crippen LogP contribution < -0.4 is 11.3 Å². The predicted octanol–water partition coefficient (Wildman–Crippen LogP) is -0.118. The van der Waals surface area contributed by atoms with Crippen molar-refractivity contribution in [2.75, 3.05) is 32.8 Å². The Morgan fingerprint density at radius 1 is 1.50 bits per heavy atom. The number of nitrogens with two attached hydrogens (primary N) is 1. The lowest BCUT2D eigenvalue weighted by Gasteiger charge is -2.23. The summed E-state index contributed by atoms with van der Waals surface area (Å²) in [7, 11) is 0. The first-order chi connectivity index (χ1) is 8.71. The maximum atomic E-state index is 11.3. The van der Waals surface area contributed by atoms with Gasteiger partial charge in [0.25, 0.3) is 5.91 Å². The van der Waals surface area contributed by atoms with Crippen molar-refractivity contribution in [1.29, 1.82) is 0 Å². The minimum Gasteiger partial charge on any atom is -0.380 e. The van der Waals surface area contributed by atoms with Crippen LogP contribution in [0.2, 0.25) is 0 Å². The van der Waals surface area contributed by atoms with Crippen molar-refractivity contribution >= 4 is 5.91 Å². The molecule has 1 heterocycles. The molecular formula is C12H25N3O3. The molecule has 6 nitrogen and oxygen atoms in total. The zero-order valence-electron chi connectivity index (χ0n) is 11.4. The summed E-state index contributed by atoms with van der Waals surface area (Å²) >= 11 is 0. The van der Waals surface area contributed by atoms with Gasteiger partial charge in [-0.15, -0.1) is 0 Å². The highest BCUT2D eigenvalue weighted by atomic mass is 16.5.